The van der Waals surface area contributed by atoms with Crippen LogP contribution in [-0.2, 0) is 23.2 Å². The lowest BCUT2D eigenvalue weighted by Crippen LogP contribution is -2.34. The van der Waals surface area contributed by atoms with Crippen molar-refractivity contribution in [3.63, 3.8) is 0 Å². The molecule has 0 aliphatic carbocycles. The Hall–Kier alpha value is -5.12. The fraction of sp³-hybridized carbons (Fsp3) is 0.200. The molecule has 2 amide bonds. The number of hydrazone groups is 1. The SMILES string of the molecule is COc1cc(/C(C)=N/NC(=O)C(=O)Nc2c(C)n(C)n(-c3ccccc3)c2=O)ccc1OCc1ccccc1C. The Morgan fingerprint density at radius 1 is 0.925 bits per heavy atom. The lowest BCUT2D eigenvalue weighted by molar-refractivity contribution is -0.136. The van der Waals surface area contributed by atoms with E-state index in [1.54, 1.807) is 68.0 Å². The van der Waals surface area contributed by atoms with Gasteiger partial charge in [0.2, 0.25) is 0 Å². The summed E-state index contributed by atoms with van der Waals surface area (Å²) < 4.78 is 14.5. The molecule has 206 valence electrons. The molecule has 0 unspecified atom stereocenters. The zero-order valence-corrected chi connectivity index (χ0v) is 23.0. The molecule has 1 aromatic heterocycles. The van der Waals surface area contributed by atoms with Crippen molar-refractivity contribution in [1.82, 2.24) is 14.8 Å². The van der Waals surface area contributed by atoms with E-state index >= 15 is 0 Å². The summed E-state index contributed by atoms with van der Waals surface area (Å²) in [7, 11) is 3.23. The van der Waals surface area contributed by atoms with E-state index in [2.05, 4.69) is 15.8 Å². The normalized spacial score (nSPS) is 11.2. The van der Waals surface area contributed by atoms with Crippen molar-refractivity contribution in [2.75, 3.05) is 12.4 Å². The molecule has 0 radical (unpaired) electrons. The van der Waals surface area contributed by atoms with Crippen LogP contribution in [0.3, 0.4) is 0 Å². The van der Waals surface area contributed by atoms with Gasteiger partial charge in [-0.3, -0.25) is 19.1 Å². The number of hydrogen-bond acceptors (Lipinski definition) is 6. The summed E-state index contributed by atoms with van der Waals surface area (Å²) in [6, 6.07) is 22.2. The van der Waals surface area contributed by atoms with Crippen molar-refractivity contribution in [2.45, 2.75) is 27.4 Å². The number of aromatic nitrogens is 2. The molecule has 0 aliphatic heterocycles. The van der Waals surface area contributed by atoms with Crippen LogP contribution in [0.25, 0.3) is 5.69 Å². The molecule has 0 aliphatic rings. The van der Waals surface area contributed by atoms with E-state index in [4.69, 9.17) is 9.47 Å². The van der Waals surface area contributed by atoms with Gasteiger partial charge in [0, 0.05) is 12.6 Å². The Balaban J connectivity index is 1.43. The summed E-state index contributed by atoms with van der Waals surface area (Å²) in [6.45, 7) is 5.77. The summed E-state index contributed by atoms with van der Waals surface area (Å²) in [5, 5.41) is 6.47. The first-order valence-corrected chi connectivity index (χ1v) is 12.6. The monoisotopic (exact) mass is 541 g/mol. The topological polar surface area (TPSA) is 116 Å². The minimum absolute atomic E-state index is 0.0122. The second kappa shape index (κ2) is 12.2. The van der Waals surface area contributed by atoms with Crippen molar-refractivity contribution in [1.29, 1.82) is 0 Å². The number of carbonyl (C=O) groups is 2. The Morgan fingerprint density at radius 2 is 1.62 bits per heavy atom. The summed E-state index contributed by atoms with van der Waals surface area (Å²) in [6.07, 6.45) is 0. The van der Waals surface area contributed by atoms with Gasteiger partial charge in [0.15, 0.2) is 11.5 Å². The van der Waals surface area contributed by atoms with Crippen LogP contribution >= 0.6 is 0 Å². The van der Waals surface area contributed by atoms with E-state index in [0.717, 1.165) is 11.1 Å². The van der Waals surface area contributed by atoms with Gasteiger partial charge in [0.25, 0.3) is 5.56 Å². The number of nitrogens with one attached hydrogen (secondary N) is 2. The summed E-state index contributed by atoms with van der Waals surface area (Å²) >= 11 is 0. The van der Waals surface area contributed by atoms with E-state index in [9.17, 15) is 14.4 Å². The summed E-state index contributed by atoms with van der Waals surface area (Å²) in [5.74, 6) is -0.970. The first-order valence-electron chi connectivity index (χ1n) is 12.6. The number of amides is 2. The zero-order chi connectivity index (χ0) is 28.8. The van der Waals surface area contributed by atoms with Crippen LogP contribution in [0.2, 0.25) is 0 Å². The number of hydrogen-bond donors (Lipinski definition) is 2. The minimum Gasteiger partial charge on any atom is -0.493 e. The van der Waals surface area contributed by atoms with Gasteiger partial charge < -0.3 is 14.8 Å². The molecule has 0 fully saturated rings. The van der Waals surface area contributed by atoms with E-state index in [-0.39, 0.29) is 5.69 Å². The molecular formula is C30H31N5O5. The largest absolute Gasteiger partial charge is 0.493 e. The average molecular weight is 542 g/mol. The minimum atomic E-state index is -1.02. The van der Waals surface area contributed by atoms with Crippen molar-refractivity contribution in [3.8, 4) is 17.2 Å². The third kappa shape index (κ3) is 5.96. The van der Waals surface area contributed by atoms with Crippen LogP contribution < -0.4 is 25.8 Å². The fourth-order valence-electron chi connectivity index (χ4n) is 4.07. The van der Waals surface area contributed by atoms with E-state index in [0.29, 0.717) is 40.8 Å². The number of nitrogens with zero attached hydrogens (tertiary/aromatic N) is 3. The second-order valence-corrected chi connectivity index (χ2v) is 9.11. The van der Waals surface area contributed by atoms with Gasteiger partial charge in [-0.05, 0) is 62.2 Å². The van der Waals surface area contributed by atoms with Gasteiger partial charge in [-0.2, -0.15) is 5.10 Å². The molecule has 0 bridgehead atoms. The number of methoxy groups -OCH3 is 1. The lowest BCUT2D eigenvalue weighted by atomic mass is 10.1. The maximum absolute atomic E-state index is 13.0. The van der Waals surface area contributed by atoms with E-state index in [1.165, 1.54) is 11.8 Å². The first-order chi connectivity index (χ1) is 19.2. The van der Waals surface area contributed by atoms with E-state index < -0.39 is 17.4 Å². The lowest BCUT2D eigenvalue weighted by Gasteiger charge is -2.13. The molecule has 0 saturated heterocycles. The van der Waals surface area contributed by atoms with Crippen molar-refractivity contribution < 1.29 is 19.1 Å². The molecule has 0 spiro atoms. The maximum Gasteiger partial charge on any atom is 0.329 e. The van der Waals surface area contributed by atoms with Crippen LogP contribution in [0.15, 0.2) is 82.7 Å². The molecule has 4 aromatic rings. The summed E-state index contributed by atoms with van der Waals surface area (Å²) in [5.41, 5.74) is 6.22. The van der Waals surface area contributed by atoms with Gasteiger partial charge in [-0.25, -0.2) is 10.1 Å². The molecule has 2 N–H and O–H groups in total. The molecule has 10 nitrogen and oxygen atoms in total. The molecule has 3 aromatic carbocycles. The number of aryl methyl sites for hydroxylation is 1. The number of anilines is 1. The molecule has 0 saturated carbocycles. The van der Waals surface area contributed by atoms with Crippen molar-refractivity contribution in [3.05, 3.63) is 106 Å². The van der Waals surface area contributed by atoms with Gasteiger partial charge in [0.1, 0.15) is 12.3 Å². The van der Waals surface area contributed by atoms with Crippen LogP contribution in [0.1, 0.15) is 29.3 Å². The highest BCUT2D eigenvalue weighted by Crippen LogP contribution is 2.29. The number of rotatable bonds is 8. The van der Waals surface area contributed by atoms with Gasteiger partial charge in [-0.15, -0.1) is 0 Å². The predicted octanol–water partition coefficient (Wildman–Crippen LogP) is 3.86. The van der Waals surface area contributed by atoms with Crippen molar-refractivity contribution >= 4 is 23.2 Å². The highest BCUT2D eigenvalue weighted by molar-refractivity contribution is 6.39. The highest BCUT2D eigenvalue weighted by Gasteiger charge is 2.21. The molecule has 4 rings (SSSR count). The average Bonchev–Trinajstić information content (AvgIpc) is 3.18. The van der Waals surface area contributed by atoms with Crippen LogP contribution in [-0.4, -0.2) is 34.0 Å². The molecule has 10 heteroatoms. The third-order valence-electron chi connectivity index (χ3n) is 6.55. The Morgan fingerprint density at radius 3 is 2.33 bits per heavy atom. The maximum atomic E-state index is 13.0. The number of benzene rings is 3. The zero-order valence-electron chi connectivity index (χ0n) is 23.0. The van der Waals surface area contributed by atoms with Crippen LogP contribution in [0, 0.1) is 13.8 Å². The van der Waals surface area contributed by atoms with Crippen molar-refractivity contribution in [2.24, 2.45) is 12.1 Å². The molecular weight excluding hydrogens is 510 g/mol. The quantitative estimate of drug-likeness (QED) is 0.200. The Bertz CT molecular complexity index is 1640. The number of ether oxygens (including phenoxy) is 2. The Labute approximate surface area is 231 Å². The standard InChI is InChI=1S/C30H31N5O5/c1-19-11-9-10-12-23(19)18-40-25-16-15-22(17-26(25)39-5)20(2)32-33-29(37)28(36)31-27-21(3)34(4)35(30(27)38)24-13-7-6-8-14-24/h6-17H,18H2,1-5H3,(H,31,36)(H,33,37)/b32-20+. The van der Waals surface area contributed by atoms with Gasteiger partial charge >= 0.3 is 11.8 Å². The number of carbonyl (C=O) groups excluding carboxylic acids is 2. The van der Waals surface area contributed by atoms with Crippen LogP contribution in [0.5, 0.6) is 11.5 Å². The Kier molecular flexibility index (Phi) is 8.48. The second-order valence-electron chi connectivity index (χ2n) is 9.11. The predicted molar refractivity (Wildman–Crippen MR) is 153 cm³/mol. The van der Waals surface area contributed by atoms with E-state index in [1.807, 2.05) is 37.3 Å². The molecule has 0 atom stereocenters. The number of para-hydroxylation sites is 1. The molecule has 1 heterocycles. The smallest absolute Gasteiger partial charge is 0.329 e. The highest BCUT2D eigenvalue weighted by atomic mass is 16.5. The van der Waals surface area contributed by atoms with Gasteiger partial charge in [-0.1, -0.05) is 42.5 Å². The summed E-state index contributed by atoms with van der Waals surface area (Å²) in [4.78, 5) is 38.1. The first kappa shape index (κ1) is 27.9. The third-order valence-corrected chi connectivity index (χ3v) is 6.55. The molecule has 40 heavy (non-hydrogen) atoms. The van der Waals surface area contributed by atoms with Crippen LogP contribution in [0.4, 0.5) is 5.69 Å². The van der Waals surface area contributed by atoms with Gasteiger partial charge in [0.05, 0.1) is 24.2 Å². The fourth-order valence-corrected chi connectivity index (χ4v) is 4.07.